The molecule has 4 heteroatoms. The number of rotatable bonds is 5. The first-order valence-corrected chi connectivity index (χ1v) is 9.87. The van der Waals surface area contributed by atoms with Gasteiger partial charge in [0, 0.05) is 11.5 Å². The normalized spacial score (nSPS) is 15.9. The molecule has 0 fully saturated rings. The lowest BCUT2D eigenvalue weighted by Gasteiger charge is -2.24. The van der Waals surface area contributed by atoms with Crippen molar-refractivity contribution < 1.29 is 9.15 Å². The van der Waals surface area contributed by atoms with E-state index in [2.05, 4.69) is 73.9 Å². The smallest absolute Gasteiger partial charge is 0.138 e. The summed E-state index contributed by atoms with van der Waals surface area (Å²) in [5, 5.41) is 2.12. The highest BCUT2D eigenvalue weighted by Gasteiger charge is 2.14. The molecule has 0 saturated heterocycles. The van der Waals surface area contributed by atoms with Crippen LogP contribution >= 0.6 is 11.9 Å². The van der Waals surface area contributed by atoms with Gasteiger partial charge in [-0.15, -0.1) is 0 Å². The highest BCUT2D eigenvalue weighted by Crippen LogP contribution is 2.27. The Balaban J connectivity index is 1.42. The molecule has 0 spiro atoms. The van der Waals surface area contributed by atoms with E-state index >= 15 is 0 Å². The van der Waals surface area contributed by atoms with Crippen molar-refractivity contribution in [2.45, 2.75) is 20.5 Å². The van der Waals surface area contributed by atoms with Crippen LogP contribution in [0.1, 0.15) is 22.3 Å². The molecule has 1 unspecified atom stereocenters. The van der Waals surface area contributed by atoms with Gasteiger partial charge in [0.1, 0.15) is 30.0 Å². The Labute approximate surface area is 164 Å². The number of ether oxygens (including phenoxy) is 1. The first-order valence-electron chi connectivity index (χ1n) is 8.99. The number of hydrogen-bond acceptors (Lipinski definition) is 2. The minimum absolute atomic E-state index is 0.550. The average Bonchev–Trinajstić information content (AvgIpc) is 3.18. The van der Waals surface area contributed by atoms with Gasteiger partial charge in [0.15, 0.2) is 0 Å². The largest absolute Gasteiger partial charge is 0.489 e. The van der Waals surface area contributed by atoms with Gasteiger partial charge in [-0.2, -0.15) is 0 Å². The van der Waals surface area contributed by atoms with Crippen molar-refractivity contribution in [2.75, 3.05) is 0 Å². The summed E-state index contributed by atoms with van der Waals surface area (Å²) in [6, 6.07) is 25.0. The van der Waals surface area contributed by atoms with Gasteiger partial charge in [0.25, 0.3) is 0 Å². The average molecular weight is 375 g/mol. The van der Waals surface area contributed by atoms with Crippen molar-refractivity contribution in [3.63, 3.8) is 0 Å². The number of quaternary nitrogens is 1. The van der Waals surface area contributed by atoms with E-state index in [0.717, 1.165) is 38.2 Å². The van der Waals surface area contributed by atoms with Crippen molar-refractivity contribution in [1.82, 2.24) is 0 Å². The molecule has 3 nitrogen and oxygen atoms in total. The van der Waals surface area contributed by atoms with Crippen LogP contribution in [0.25, 0.3) is 11.1 Å². The molecular weight excluding hydrogens is 352 g/mol. The molecular formula is C23H22N2OS. The second kappa shape index (κ2) is 7.91. The Kier molecular flexibility index (Phi) is 5.19. The Morgan fingerprint density at radius 2 is 1.74 bits per heavy atom. The molecule has 0 bridgehead atoms. The lowest BCUT2D eigenvalue weighted by atomic mass is 10.1. The highest BCUT2D eigenvalue weighted by molar-refractivity contribution is 7.96. The molecule has 3 aromatic rings. The topological polar surface area (TPSA) is 27.8 Å². The summed E-state index contributed by atoms with van der Waals surface area (Å²) in [6.07, 6.45) is 0. The fourth-order valence-electron chi connectivity index (χ4n) is 2.94. The van der Waals surface area contributed by atoms with E-state index in [1.165, 1.54) is 5.56 Å². The van der Waals surface area contributed by atoms with Crippen LogP contribution in [0.3, 0.4) is 0 Å². The van der Waals surface area contributed by atoms with E-state index in [1.807, 2.05) is 18.2 Å². The molecule has 0 amide bonds. The van der Waals surface area contributed by atoms with Crippen molar-refractivity contribution in [3.05, 3.63) is 106 Å². The van der Waals surface area contributed by atoms with E-state index in [9.17, 15) is 0 Å². The summed E-state index contributed by atoms with van der Waals surface area (Å²) in [6.45, 7) is 4.71. The van der Waals surface area contributed by atoms with Crippen LogP contribution < -0.4 is 9.15 Å². The minimum atomic E-state index is 0.550. The van der Waals surface area contributed by atoms with E-state index in [0.29, 0.717) is 6.61 Å². The zero-order valence-corrected chi connectivity index (χ0v) is 16.3. The van der Waals surface area contributed by atoms with Gasteiger partial charge >= 0.3 is 0 Å². The van der Waals surface area contributed by atoms with Gasteiger partial charge in [-0.3, -0.25) is 4.41 Å². The lowest BCUT2D eigenvalue weighted by Crippen LogP contribution is -2.93. The van der Waals surface area contributed by atoms with Crippen molar-refractivity contribution >= 4 is 23.3 Å². The SMILES string of the molecule is Cc1ccc(C2=CS[NH+](c3cccc(COc4ccccc4C)c3)[N-]2)cc1. The Hall–Kier alpha value is -2.69. The van der Waals surface area contributed by atoms with Gasteiger partial charge in [-0.25, -0.2) is 0 Å². The quantitative estimate of drug-likeness (QED) is 0.610. The maximum absolute atomic E-state index is 5.98. The monoisotopic (exact) mass is 374 g/mol. The Morgan fingerprint density at radius 3 is 2.56 bits per heavy atom. The maximum atomic E-state index is 5.98. The third kappa shape index (κ3) is 4.18. The number of benzene rings is 3. The van der Waals surface area contributed by atoms with E-state index in [1.54, 1.807) is 11.9 Å². The molecule has 0 aromatic heterocycles. The zero-order chi connectivity index (χ0) is 18.6. The van der Waals surface area contributed by atoms with Crippen LogP contribution in [-0.4, -0.2) is 0 Å². The van der Waals surface area contributed by atoms with Crippen LogP contribution in [0, 0.1) is 13.8 Å². The summed E-state index contributed by atoms with van der Waals surface area (Å²) in [5.74, 6) is 0.929. The third-order valence-electron chi connectivity index (χ3n) is 4.51. The van der Waals surface area contributed by atoms with Crippen LogP contribution in [0.15, 0.2) is 78.2 Å². The molecule has 1 N–H and O–H groups in total. The zero-order valence-electron chi connectivity index (χ0n) is 15.5. The first-order chi connectivity index (χ1) is 13.2. The predicted molar refractivity (Wildman–Crippen MR) is 113 cm³/mol. The van der Waals surface area contributed by atoms with Crippen molar-refractivity contribution in [1.29, 1.82) is 0 Å². The molecule has 1 heterocycles. The summed E-state index contributed by atoms with van der Waals surface area (Å²) in [7, 11) is 0. The molecule has 0 saturated carbocycles. The summed E-state index contributed by atoms with van der Waals surface area (Å²) < 4.78 is 7.01. The molecule has 3 aromatic carbocycles. The van der Waals surface area contributed by atoms with E-state index in [-0.39, 0.29) is 0 Å². The lowest BCUT2D eigenvalue weighted by molar-refractivity contribution is -0.619. The first kappa shape index (κ1) is 17.7. The Morgan fingerprint density at radius 1 is 0.926 bits per heavy atom. The summed E-state index contributed by atoms with van der Waals surface area (Å²) in [4.78, 5) is 0. The maximum Gasteiger partial charge on any atom is 0.138 e. The van der Waals surface area contributed by atoms with Crippen LogP contribution in [0.4, 0.5) is 5.69 Å². The van der Waals surface area contributed by atoms with Crippen LogP contribution in [0.2, 0.25) is 0 Å². The summed E-state index contributed by atoms with van der Waals surface area (Å²) >= 11 is 1.68. The van der Waals surface area contributed by atoms with Gasteiger partial charge in [0.2, 0.25) is 0 Å². The van der Waals surface area contributed by atoms with E-state index in [4.69, 9.17) is 10.2 Å². The summed E-state index contributed by atoms with van der Waals surface area (Å²) in [5.41, 5.74) is 11.7. The second-order valence-corrected chi connectivity index (χ2v) is 7.52. The molecule has 1 atom stereocenters. The van der Waals surface area contributed by atoms with Crippen LogP contribution in [0.5, 0.6) is 5.75 Å². The number of nitrogens with zero attached hydrogens (tertiary/aromatic N) is 1. The van der Waals surface area contributed by atoms with Gasteiger partial charge in [-0.1, -0.05) is 65.9 Å². The van der Waals surface area contributed by atoms with Crippen molar-refractivity contribution in [3.8, 4) is 5.75 Å². The molecule has 1 aliphatic rings. The van der Waals surface area contributed by atoms with Crippen molar-refractivity contribution in [2.24, 2.45) is 0 Å². The molecule has 1 aliphatic heterocycles. The molecule has 27 heavy (non-hydrogen) atoms. The molecule has 0 radical (unpaired) electrons. The van der Waals surface area contributed by atoms with Gasteiger partial charge < -0.3 is 10.2 Å². The number of para-hydroxylation sites is 1. The van der Waals surface area contributed by atoms with Gasteiger partial charge in [-0.05, 0) is 42.7 Å². The fraction of sp³-hybridized carbons (Fsp3) is 0.130. The standard InChI is InChI=1S/C23H22N2OS/c1-17-10-12-20(13-11-17)22-16-27-25(24-22)21-8-5-7-19(14-21)15-26-23-9-4-3-6-18(23)2/h3-14,16,25H,15H2,1-2H3. The molecule has 0 aliphatic carbocycles. The van der Waals surface area contributed by atoms with Gasteiger partial charge in [0.05, 0.1) is 0 Å². The number of nitrogens with one attached hydrogen (secondary N) is 1. The van der Waals surface area contributed by atoms with Crippen LogP contribution in [-0.2, 0) is 6.61 Å². The minimum Gasteiger partial charge on any atom is -0.489 e. The number of aryl methyl sites for hydroxylation is 2. The molecule has 136 valence electrons. The number of hydrogen-bond donors (Lipinski definition) is 1. The highest BCUT2D eigenvalue weighted by atomic mass is 32.2. The molecule has 4 rings (SSSR count). The third-order valence-corrected chi connectivity index (χ3v) is 5.40. The Bertz CT molecular complexity index is 966. The fourth-order valence-corrected chi connectivity index (χ4v) is 3.76. The second-order valence-electron chi connectivity index (χ2n) is 6.66. The predicted octanol–water partition coefficient (Wildman–Crippen LogP) is 5.35. The van der Waals surface area contributed by atoms with E-state index < -0.39 is 0 Å².